The maximum atomic E-state index is 13.3. The second kappa shape index (κ2) is 9.56. The summed E-state index contributed by atoms with van der Waals surface area (Å²) in [6.07, 6.45) is 0.789. The quantitative estimate of drug-likeness (QED) is 0.474. The van der Waals surface area contributed by atoms with Gasteiger partial charge in [0.2, 0.25) is 0 Å². The number of benzene rings is 2. The second-order valence-corrected chi connectivity index (χ2v) is 5.87. The molecule has 0 aromatic heterocycles. The highest BCUT2D eigenvalue weighted by atomic mass is 19.1. The third-order valence-corrected chi connectivity index (χ3v) is 3.99. The van der Waals surface area contributed by atoms with E-state index in [0.717, 1.165) is 17.5 Å². The van der Waals surface area contributed by atoms with E-state index >= 15 is 0 Å². The molecule has 0 aliphatic carbocycles. The molecular weight excluding hydrogens is 333 g/mol. The van der Waals surface area contributed by atoms with Gasteiger partial charge in [-0.15, -0.1) is 0 Å². The number of carbonyl (C=O) groups is 1. The number of methoxy groups -OCH3 is 1. The fourth-order valence-corrected chi connectivity index (χ4v) is 2.47. The van der Waals surface area contributed by atoms with Crippen molar-refractivity contribution in [3.05, 3.63) is 70.5 Å². The Morgan fingerprint density at radius 3 is 2.42 bits per heavy atom. The fraction of sp³-hybridized carbons (Fsp3) is 0.300. The minimum absolute atomic E-state index is 0.200. The van der Waals surface area contributed by atoms with Gasteiger partial charge in [-0.3, -0.25) is 4.99 Å². The molecule has 0 saturated heterocycles. The van der Waals surface area contributed by atoms with Crippen LogP contribution in [0.25, 0.3) is 0 Å². The van der Waals surface area contributed by atoms with Gasteiger partial charge in [-0.25, -0.2) is 9.18 Å². The average molecular weight is 357 g/mol. The summed E-state index contributed by atoms with van der Waals surface area (Å²) in [6.45, 7) is 3.01. The number of nitrogens with one attached hydrogen (secondary N) is 2. The first kappa shape index (κ1) is 19.4. The summed E-state index contributed by atoms with van der Waals surface area (Å²) in [7, 11) is 3.07. The molecule has 0 aliphatic heterocycles. The van der Waals surface area contributed by atoms with Gasteiger partial charge < -0.3 is 15.4 Å². The van der Waals surface area contributed by atoms with Crippen LogP contribution < -0.4 is 10.6 Å². The summed E-state index contributed by atoms with van der Waals surface area (Å²) >= 11 is 0. The van der Waals surface area contributed by atoms with Crippen LogP contribution in [0.5, 0.6) is 0 Å². The number of hydrogen-bond acceptors (Lipinski definition) is 3. The third kappa shape index (κ3) is 5.58. The van der Waals surface area contributed by atoms with Crippen molar-refractivity contribution in [3.8, 4) is 0 Å². The Morgan fingerprint density at radius 2 is 1.81 bits per heavy atom. The molecule has 2 rings (SSSR count). The van der Waals surface area contributed by atoms with Crippen LogP contribution in [-0.4, -0.2) is 32.6 Å². The Kier molecular flexibility index (Phi) is 7.14. The molecule has 0 unspecified atom stereocenters. The minimum atomic E-state index is -0.338. The molecule has 0 bridgehead atoms. The van der Waals surface area contributed by atoms with Gasteiger partial charge in [0, 0.05) is 20.1 Å². The Bertz CT molecular complexity index is 773. The lowest BCUT2D eigenvalue weighted by molar-refractivity contribution is 0.0600. The van der Waals surface area contributed by atoms with Crippen LogP contribution in [0.4, 0.5) is 4.39 Å². The molecule has 0 heterocycles. The SMILES string of the molecule is CN=C(NCCc1ccc(C(=O)OC)cc1)NCc1ccc(F)c(C)c1. The summed E-state index contributed by atoms with van der Waals surface area (Å²) in [5, 5.41) is 6.44. The van der Waals surface area contributed by atoms with Crippen LogP contribution in [0.3, 0.4) is 0 Å². The molecule has 5 nitrogen and oxygen atoms in total. The maximum absolute atomic E-state index is 13.3. The van der Waals surface area contributed by atoms with E-state index in [1.165, 1.54) is 13.2 Å². The third-order valence-electron chi connectivity index (χ3n) is 3.99. The second-order valence-electron chi connectivity index (χ2n) is 5.87. The van der Waals surface area contributed by atoms with E-state index in [1.807, 2.05) is 18.2 Å². The van der Waals surface area contributed by atoms with Crippen molar-refractivity contribution in [2.45, 2.75) is 19.9 Å². The van der Waals surface area contributed by atoms with Crippen molar-refractivity contribution >= 4 is 11.9 Å². The number of guanidine groups is 1. The number of esters is 1. The molecule has 0 aliphatic rings. The Balaban J connectivity index is 1.79. The molecule has 0 amide bonds. The predicted molar refractivity (Wildman–Crippen MR) is 101 cm³/mol. The van der Waals surface area contributed by atoms with Gasteiger partial charge >= 0.3 is 5.97 Å². The van der Waals surface area contributed by atoms with E-state index in [0.29, 0.717) is 30.2 Å². The van der Waals surface area contributed by atoms with E-state index in [4.69, 9.17) is 0 Å². The number of halogens is 1. The molecule has 0 fully saturated rings. The van der Waals surface area contributed by atoms with Crippen molar-refractivity contribution in [2.24, 2.45) is 4.99 Å². The van der Waals surface area contributed by atoms with Gasteiger partial charge in [0.1, 0.15) is 5.82 Å². The number of aliphatic imine (C=N–C) groups is 1. The molecule has 0 saturated carbocycles. The van der Waals surface area contributed by atoms with Gasteiger partial charge in [-0.05, 0) is 48.2 Å². The van der Waals surface area contributed by atoms with E-state index in [-0.39, 0.29) is 11.8 Å². The molecule has 138 valence electrons. The van der Waals surface area contributed by atoms with Crippen molar-refractivity contribution < 1.29 is 13.9 Å². The maximum Gasteiger partial charge on any atom is 0.337 e. The molecule has 26 heavy (non-hydrogen) atoms. The van der Waals surface area contributed by atoms with E-state index in [9.17, 15) is 9.18 Å². The average Bonchev–Trinajstić information content (AvgIpc) is 2.67. The largest absolute Gasteiger partial charge is 0.465 e. The molecule has 6 heteroatoms. The Labute approximate surface area is 153 Å². The topological polar surface area (TPSA) is 62.7 Å². The monoisotopic (exact) mass is 357 g/mol. The first-order chi connectivity index (χ1) is 12.5. The number of nitrogens with zero attached hydrogens (tertiary/aromatic N) is 1. The van der Waals surface area contributed by atoms with Gasteiger partial charge in [0.15, 0.2) is 5.96 Å². The molecule has 0 spiro atoms. The number of ether oxygens (including phenoxy) is 1. The van der Waals surface area contributed by atoms with E-state index in [2.05, 4.69) is 20.4 Å². The van der Waals surface area contributed by atoms with Crippen molar-refractivity contribution in [2.75, 3.05) is 20.7 Å². The lowest BCUT2D eigenvalue weighted by Crippen LogP contribution is -2.37. The molecule has 2 N–H and O–H groups in total. The zero-order valence-corrected chi connectivity index (χ0v) is 15.3. The van der Waals surface area contributed by atoms with Crippen LogP contribution in [0.2, 0.25) is 0 Å². The lowest BCUT2D eigenvalue weighted by Gasteiger charge is -2.12. The standard InChI is InChI=1S/C20H24FN3O2/c1-14-12-16(6-9-18(14)21)13-24-20(22-2)23-11-10-15-4-7-17(8-5-15)19(25)26-3/h4-9,12H,10-11,13H2,1-3H3,(H2,22,23,24). The van der Waals surface area contributed by atoms with Crippen LogP contribution in [0, 0.1) is 12.7 Å². The fourth-order valence-electron chi connectivity index (χ4n) is 2.47. The zero-order valence-electron chi connectivity index (χ0n) is 15.3. The number of carbonyl (C=O) groups excluding carboxylic acids is 1. The van der Waals surface area contributed by atoms with Crippen molar-refractivity contribution in [1.29, 1.82) is 0 Å². The van der Waals surface area contributed by atoms with Crippen LogP contribution >= 0.6 is 0 Å². The van der Waals surface area contributed by atoms with E-state index in [1.54, 1.807) is 32.2 Å². The molecule has 0 radical (unpaired) electrons. The summed E-state index contributed by atoms with van der Waals surface area (Å²) in [4.78, 5) is 15.6. The van der Waals surface area contributed by atoms with Gasteiger partial charge in [0.05, 0.1) is 12.7 Å². The Morgan fingerprint density at radius 1 is 1.12 bits per heavy atom. The van der Waals surface area contributed by atoms with Crippen LogP contribution in [0.1, 0.15) is 27.0 Å². The van der Waals surface area contributed by atoms with Gasteiger partial charge in [-0.1, -0.05) is 24.3 Å². The smallest absolute Gasteiger partial charge is 0.337 e. The highest BCUT2D eigenvalue weighted by Crippen LogP contribution is 2.09. The van der Waals surface area contributed by atoms with Crippen LogP contribution in [0.15, 0.2) is 47.5 Å². The summed E-state index contributed by atoms with van der Waals surface area (Å²) < 4.78 is 18.0. The van der Waals surface area contributed by atoms with Crippen LogP contribution in [-0.2, 0) is 17.7 Å². The first-order valence-corrected chi connectivity index (χ1v) is 8.40. The van der Waals surface area contributed by atoms with Gasteiger partial charge in [-0.2, -0.15) is 0 Å². The molecule has 0 atom stereocenters. The van der Waals surface area contributed by atoms with Crippen molar-refractivity contribution in [3.63, 3.8) is 0 Å². The summed E-state index contributed by atoms with van der Waals surface area (Å²) in [6, 6.07) is 12.4. The van der Waals surface area contributed by atoms with E-state index < -0.39 is 0 Å². The Hall–Kier alpha value is -2.89. The molecular formula is C20H24FN3O2. The number of hydrogen-bond donors (Lipinski definition) is 2. The summed E-state index contributed by atoms with van der Waals surface area (Å²) in [5.41, 5.74) is 3.26. The first-order valence-electron chi connectivity index (χ1n) is 8.40. The normalized spacial score (nSPS) is 11.2. The number of rotatable bonds is 6. The number of aryl methyl sites for hydroxylation is 1. The highest BCUT2D eigenvalue weighted by molar-refractivity contribution is 5.89. The minimum Gasteiger partial charge on any atom is -0.465 e. The van der Waals surface area contributed by atoms with Gasteiger partial charge in [0.25, 0.3) is 0 Å². The predicted octanol–water partition coefficient (Wildman–Crippen LogP) is 2.83. The molecule has 2 aromatic rings. The lowest BCUT2D eigenvalue weighted by atomic mass is 10.1. The summed E-state index contributed by atoms with van der Waals surface area (Å²) in [5.74, 6) is 0.142. The highest BCUT2D eigenvalue weighted by Gasteiger charge is 2.05. The molecule has 2 aromatic carbocycles. The zero-order chi connectivity index (χ0) is 18.9. The van der Waals surface area contributed by atoms with Crippen molar-refractivity contribution in [1.82, 2.24) is 10.6 Å².